The van der Waals surface area contributed by atoms with Crippen molar-refractivity contribution in [1.29, 1.82) is 0 Å². The maximum atomic E-state index is 5.27. The van der Waals surface area contributed by atoms with Crippen molar-refractivity contribution in [3.8, 4) is 0 Å². The number of fused-ring (bicyclic) bond motifs is 1. The molecule has 0 saturated heterocycles. The maximum absolute atomic E-state index is 5.27. The Kier molecular flexibility index (Phi) is 1.66. The van der Waals surface area contributed by atoms with E-state index < -0.39 is 0 Å². The molecule has 0 aliphatic carbocycles. The van der Waals surface area contributed by atoms with Crippen molar-refractivity contribution in [3.63, 3.8) is 0 Å². The van der Waals surface area contributed by atoms with E-state index in [9.17, 15) is 0 Å². The second-order valence-corrected chi connectivity index (χ2v) is 3.08. The van der Waals surface area contributed by atoms with Crippen LogP contribution in [-0.2, 0) is 4.74 Å². The predicted molar refractivity (Wildman–Crippen MR) is 46.8 cm³/mol. The van der Waals surface area contributed by atoms with Crippen LogP contribution in [0.5, 0.6) is 0 Å². The average Bonchev–Trinajstić information content (AvgIpc) is 2.49. The van der Waals surface area contributed by atoms with Crippen LogP contribution in [-0.4, -0.2) is 30.1 Å². The molecular formula is C9H12N2O. The molecule has 0 bridgehead atoms. The van der Waals surface area contributed by atoms with Crippen LogP contribution in [0.2, 0.25) is 0 Å². The van der Waals surface area contributed by atoms with Crippen molar-refractivity contribution in [2.75, 3.05) is 14.1 Å². The van der Waals surface area contributed by atoms with Crippen molar-refractivity contribution in [2.45, 2.75) is 6.17 Å². The van der Waals surface area contributed by atoms with Crippen molar-refractivity contribution < 1.29 is 4.74 Å². The van der Waals surface area contributed by atoms with Gasteiger partial charge in [-0.25, -0.2) is 0 Å². The van der Waals surface area contributed by atoms with E-state index in [2.05, 4.69) is 15.9 Å². The van der Waals surface area contributed by atoms with Crippen molar-refractivity contribution in [1.82, 2.24) is 9.80 Å². The lowest BCUT2D eigenvalue weighted by Gasteiger charge is -2.31. The number of hydrogen-bond donors (Lipinski definition) is 0. The third-order valence-corrected chi connectivity index (χ3v) is 2.00. The van der Waals surface area contributed by atoms with Crippen LogP contribution in [0.1, 0.15) is 0 Å². The Morgan fingerprint density at radius 3 is 3.08 bits per heavy atom. The third kappa shape index (κ3) is 1.02. The smallest absolute Gasteiger partial charge is 0.200 e. The van der Waals surface area contributed by atoms with Gasteiger partial charge in [-0.2, -0.15) is 0 Å². The summed E-state index contributed by atoms with van der Waals surface area (Å²) in [4.78, 5) is 4.21. The minimum Gasteiger partial charge on any atom is -0.447 e. The van der Waals surface area contributed by atoms with Gasteiger partial charge < -0.3 is 4.74 Å². The molecule has 0 aromatic carbocycles. The summed E-state index contributed by atoms with van der Waals surface area (Å²) in [5, 5.41) is 0. The van der Waals surface area contributed by atoms with Crippen LogP contribution >= 0.6 is 0 Å². The van der Waals surface area contributed by atoms with Gasteiger partial charge in [-0.05, 0) is 26.2 Å². The summed E-state index contributed by atoms with van der Waals surface area (Å²) in [5.41, 5.74) is 0. The molecule has 2 aliphatic rings. The fraction of sp³-hybridized carbons (Fsp3) is 0.333. The van der Waals surface area contributed by atoms with Gasteiger partial charge in [0.15, 0.2) is 0 Å². The van der Waals surface area contributed by atoms with Gasteiger partial charge in [-0.3, -0.25) is 9.80 Å². The minimum absolute atomic E-state index is 0.281. The number of rotatable bonds is 1. The Hall–Kier alpha value is -1.22. The molecule has 0 aromatic rings. The van der Waals surface area contributed by atoms with Gasteiger partial charge in [0, 0.05) is 6.20 Å². The number of likely N-dealkylation sites (N-methyl/N-ethyl adjacent to an activating group) is 1. The number of allylic oxidation sites excluding steroid dienone is 2. The van der Waals surface area contributed by atoms with Crippen molar-refractivity contribution in [3.05, 3.63) is 36.6 Å². The minimum atomic E-state index is 0.281. The van der Waals surface area contributed by atoms with Crippen LogP contribution in [0.3, 0.4) is 0 Å². The topological polar surface area (TPSA) is 15.7 Å². The van der Waals surface area contributed by atoms with Crippen LogP contribution in [0.15, 0.2) is 36.6 Å². The molecule has 0 amide bonds. The molecule has 0 saturated carbocycles. The highest BCUT2D eigenvalue weighted by atomic mass is 16.5. The van der Waals surface area contributed by atoms with Crippen LogP contribution in [0, 0.1) is 0 Å². The third-order valence-electron chi connectivity index (χ3n) is 2.00. The maximum Gasteiger partial charge on any atom is 0.200 e. The zero-order valence-corrected chi connectivity index (χ0v) is 7.27. The molecule has 2 aliphatic heterocycles. The van der Waals surface area contributed by atoms with E-state index in [-0.39, 0.29) is 6.17 Å². The molecule has 0 spiro atoms. The number of hydrogen-bond acceptors (Lipinski definition) is 3. The highest BCUT2D eigenvalue weighted by molar-refractivity contribution is 5.21. The molecule has 3 heteroatoms. The molecule has 1 unspecified atom stereocenters. The van der Waals surface area contributed by atoms with E-state index >= 15 is 0 Å². The van der Waals surface area contributed by atoms with E-state index in [1.54, 1.807) is 6.26 Å². The highest BCUT2D eigenvalue weighted by Gasteiger charge is 2.24. The summed E-state index contributed by atoms with van der Waals surface area (Å²) in [6.07, 6.45) is 10.0. The van der Waals surface area contributed by atoms with E-state index in [0.717, 1.165) is 5.88 Å². The normalized spacial score (nSPS) is 25.8. The van der Waals surface area contributed by atoms with Gasteiger partial charge in [0.2, 0.25) is 5.88 Å². The van der Waals surface area contributed by atoms with Gasteiger partial charge in [0.1, 0.15) is 12.4 Å². The highest BCUT2D eigenvalue weighted by Crippen LogP contribution is 2.23. The van der Waals surface area contributed by atoms with Gasteiger partial charge >= 0.3 is 0 Å². The lowest BCUT2D eigenvalue weighted by molar-refractivity contribution is 0.153. The largest absolute Gasteiger partial charge is 0.447 e. The molecule has 64 valence electrons. The average molecular weight is 164 g/mol. The molecule has 0 radical (unpaired) electrons. The first-order valence-electron chi connectivity index (χ1n) is 3.95. The molecule has 12 heavy (non-hydrogen) atoms. The van der Waals surface area contributed by atoms with Gasteiger partial charge in [0.05, 0.1) is 0 Å². The Morgan fingerprint density at radius 1 is 1.50 bits per heavy atom. The van der Waals surface area contributed by atoms with Gasteiger partial charge in [-0.1, -0.05) is 6.08 Å². The molecule has 3 nitrogen and oxygen atoms in total. The Morgan fingerprint density at radius 2 is 2.33 bits per heavy atom. The second kappa shape index (κ2) is 2.68. The van der Waals surface area contributed by atoms with Crippen molar-refractivity contribution >= 4 is 0 Å². The summed E-state index contributed by atoms with van der Waals surface area (Å²) in [6, 6.07) is 0. The Labute approximate surface area is 72.2 Å². The standard InChI is InChI=1S/C9H12N2O/c1-10(2)8-4-3-5-9-11(8)6-7-12-9/h3-8H,1-2H3. The summed E-state index contributed by atoms with van der Waals surface area (Å²) in [6.45, 7) is 0. The molecule has 1 atom stereocenters. The molecule has 0 aromatic heterocycles. The fourth-order valence-electron chi connectivity index (χ4n) is 1.39. The first-order chi connectivity index (χ1) is 5.79. The summed E-state index contributed by atoms with van der Waals surface area (Å²) >= 11 is 0. The first-order valence-corrected chi connectivity index (χ1v) is 3.95. The molecule has 2 heterocycles. The number of nitrogens with zero attached hydrogens (tertiary/aromatic N) is 2. The lowest BCUT2D eigenvalue weighted by Crippen LogP contribution is -2.40. The lowest BCUT2D eigenvalue weighted by atomic mass is 10.3. The van der Waals surface area contributed by atoms with Crippen molar-refractivity contribution in [2.24, 2.45) is 0 Å². The Balaban J connectivity index is 2.24. The van der Waals surface area contributed by atoms with E-state index in [0.29, 0.717) is 0 Å². The molecule has 2 rings (SSSR count). The SMILES string of the molecule is CN(C)C1C=CC=C2OC=CN21. The quantitative estimate of drug-likeness (QED) is 0.577. The van der Waals surface area contributed by atoms with E-state index in [4.69, 9.17) is 4.74 Å². The zero-order chi connectivity index (χ0) is 8.55. The summed E-state index contributed by atoms with van der Waals surface area (Å²) in [5.74, 6) is 0.899. The molecule has 0 N–H and O–H groups in total. The fourth-order valence-corrected chi connectivity index (χ4v) is 1.39. The monoisotopic (exact) mass is 164 g/mol. The summed E-state index contributed by atoms with van der Waals surface area (Å²) in [7, 11) is 4.09. The summed E-state index contributed by atoms with van der Waals surface area (Å²) < 4.78 is 5.27. The second-order valence-electron chi connectivity index (χ2n) is 3.08. The predicted octanol–water partition coefficient (Wildman–Crippen LogP) is 1.09. The van der Waals surface area contributed by atoms with Crippen LogP contribution < -0.4 is 0 Å². The van der Waals surface area contributed by atoms with E-state index in [1.165, 1.54) is 0 Å². The van der Waals surface area contributed by atoms with Gasteiger partial charge in [0.25, 0.3) is 0 Å². The van der Waals surface area contributed by atoms with Crippen LogP contribution in [0.25, 0.3) is 0 Å². The Bertz CT molecular complexity index is 266. The number of ether oxygens (including phenoxy) is 1. The van der Waals surface area contributed by atoms with Gasteiger partial charge in [-0.15, -0.1) is 0 Å². The zero-order valence-electron chi connectivity index (χ0n) is 7.27. The molecular weight excluding hydrogens is 152 g/mol. The first kappa shape index (κ1) is 7.43. The van der Waals surface area contributed by atoms with Crippen LogP contribution in [0.4, 0.5) is 0 Å². The van der Waals surface area contributed by atoms with E-state index in [1.807, 2.05) is 32.4 Å². The molecule has 0 fully saturated rings.